The SMILES string of the molecule is CCOC(=O)[C@H]1[C@@H]2NC(=S)N(c3ccc(C)cc3)[C@@]1(C)Oc1c(OC)cccc12. The Morgan fingerprint density at radius 2 is 2.00 bits per heavy atom. The van der Waals surface area contributed by atoms with Crippen LogP contribution in [0.25, 0.3) is 0 Å². The number of carbonyl (C=O) groups is 1. The quantitative estimate of drug-likeness (QED) is 0.607. The van der Waals surface area contributed by atoms with E-state index in [0.717, 1.165) is 16.8 Å². The molecule has 0 spiro atoms. The summed E-state index contributed by atoms with van der Waals surface area (Å²) in [6.45, 7) is 5.99. The van der Waals surface area contributed by atoms with Crippen LogP contribution >= 0.6 is 12.2 Å². The number of fused-ring (bicyclic) bond motifs is 4. The number of esters is 1. The fourth-order valence-corrected chi connectivity index (χ4v) is 4.62. The summed E-state index contributed by atoms with van der Waals surface area (Å²) in [5.74, 6) is 0.255. The lowest BCUT2D eigenvalue weighted by Gasteiger charge is -2.55. The first kappa shape index (κ1) is 19.5. The predicted octanol–water partition coefficient (Wildman–Crippen LogP) is 3.73. The number of methoxy groups -OCH3 is 1. The number of benzene rings is 2. The Morgan fingerprint density at radius 3 is 2.66 bits per heavy atom. The molecule has 2 bridgehead atoms. The number of carbonyl (C=O) groups excluding carboxylic acids is 1. The fraction of sp³-hybridized carbons (Fsp3) is 0.364. The number of para-hydroxylation sites is 1. The van der Waals surface area contributed by atoms with Crippen molar-refractivity contribution in [2.24, 2.45) is 5.92 Å². The lowest BCUT2D eigenvalue weighted by atomic mass is 9.79. The van der Waals surface area contributed by atoms with Crippen molar-refractivity contribution in [2.75, 3.05) is 18.6 Å². The Morgan fingerprint density at radius 1 is 1.28 bits per heavy atom. The van der Waals surface area contributed by atoms with Gasteiger partial charge >= 0.3 is 5.97 Å². The average molecular weight is 413 g/mol. The number of anilines is 1. The highest BCUT2D eigenvalue weighted by Gasteiger charge is 2.60. The van der Waals surface area contributed by atoms with Gasteiger partial charge in [0.25, 0.3) is 0 Å². The number of hydrogen-bond donors (Lipinski definition) is 1. The Kier molecular flexibility index (Phi) is 4.86. The van der Waals surface area contributed by atoms with Crippen LogP contribution in [0.1, 0.15) is 31.0 Å². The van der Waals surface area contributed by atoms with Gasteiger partial charge in [0, 0.05) is 11.3 Å². The minimum Gasteiger partial charge on any atom is -0.493 e. The standard InChI is InChI=1S/C22H24N2O4S/c1-5-27-20(25)17-18-15-7-6-8-16(26-4)19(15)28-22(17,3)24(21(29)23-18)14-11-9-13(2)10-12-14/h6-12,17-18H,5H2,1-4H3,(H,23,29)/t17-,18-,22+/m1/s1. The average Bonchev–Trinajstić information content (AvgIpc) is 2.68. The topological polar surface area (TPSA) is 60.0 Å². The van der Waals surface area contributed by atoms with Gasteiger partial charge in [0.2, 0.25) is 5.72 Å². The summed E-state index contributed by atoms with van der Waals surface area (Å²) in [6, 6.07) is 13.2. The molecule has 1 N–H and O–H groups in total. The summed E-state index contributed by atoms with van der Waals surface area (Å²) in [4.78, 5) is 14.9. The molecule has 0 unspecified atom stereocenters. The zero-order valence-electron chi connectivity index (χ0n) is 16.9. The normalized spacial score (nSPS) is 24.8. The van der Waals surface area contributed by atoms with Gasteiger partial charge in [0.05, 0.1) is 19.8 Å². The number of nitrogens with zero attached hydrogens (tertiary/aromatic N) is 1. The van der Waals surface area contributed by atoms with E-state index in [1.807, 2.05) is 61.2 Å². The summed E-state index contributed by atoms with van der Waals surface area (Å²) in [5, 5.41) is 3.85. The van der Waals surface area contributed by atoms with E-state index >= 15 is 0 Å². The van der Waals surface area contributed by atoms with Crippen molar-refractivity contribution in [2.45, 2.75) is 32.5 Å². The number of rotatable bonds is 4. The van der Waals surface area contributed by atoms with Crippen molar-refractivity contribution in [1.29, 1.82) is 0 Å². The van der Waals surface area contributed by atoms with Crippen molar-refractivity contribution in [3.63, 3.8) is 0 Å². The summed E-state index contributed by atoms with van der Waals surface area (Å²) in [6.07, 6.45) is 0. The third kappa shape index (κ3) is 3.00. The van der Waals surface area contributed by atoms with E-state index in [-0.39, 0.29) is 18.6 Å². The highest BCUT2D eigenvalue weighted by molar-refractivity contribution is 7.80. The Bertz CT molecular complexity index is 962. The number of hydrogen-bond acceptors (Lipinski definition) is 5. The molecule has 6 nitrogen and oxygen atoms in total. The molecule has 1 saturated heterocycles. The van der Waals surface area contributed by atoms with Gasteiger partial charge in [-0.3, -0.25) is 9.69 Å². The van der Waals surface area contributed by atoms with E-state index in [4.69, 9.17) is 26.4 Å². The van der Waals surface area contributed by atoms with Gasteiger partial charge in [-0.2, -0.15) is 0 Å². The molecule has 3 atom stereocenters. The molecule has 2 aliphatic rings. The molecule has 0 amide bonds. The highest BCUT2D eigenvalue weighted by atomic mass is 32.1. The van der Waals surface area contributed by atoms with Crippen molar-refractivity contribution < 1.29 is 19.0 Å². The number of ether oxygens (including phenoxy) is 3. The van der Waals surface area contributed by atoms with E-state index in [9.17, 15) is 4.79 Å². The first-order valence-corrected chi connectivity index (χ1v) is 10.0. The molecule has 4 rings (SSSR count). The lowest BCUT2D eigenvalue weighted by Crippen LogP contribution is -2.71. The van der Waals surface area contributed by atoms with E-state index in [2.05, 4.69) is 5.32 Å². The molecule has 2 heterocycles. The molecule has 7 heteroatoms. The summed E-state index contributed by atoms with van der Waals surface area (Å²) in [5.41, 5.74) is 1.70. The Balaban J connectivity index is 1.91. The largest absolute Gasteiger partial charge is 0.493 e. The van der Waals surface area contributed by atoms with Crippen molar-refractivity contribution >= 4 is 29.0 Å². The summed E-state index contributed by atoms with van der Waals surface area (Å²) < 4.78 is 17.5. The van der Waals surface area contributed by atoms with Gasteiger partial charge in [0.15, 0.2) is 16.6 Å². The van der Waals surface area contributed by atoms with Crippen LogP contribution in [0.15, 0.2) is 42.5 Å². The third-order valence-electron chi connectivity index (χ3n) is 5.54. The van der Waals surface area contributed by atoms with Crippen molar-refractivity contribution in [3.8, 4) is 11.5 Å². The first-order chi connectivity index (χ1) is 13.9. The maximum absolute atomic E-state index is 13.1. The van der Waals surface area contributed by atoms with Gasteiger partial charge in [-0.05, 0) is 51.2 Å². The zero-order valence-corrected chi connectivity index (χ0v) is 17.7. The van der Waals surface area contributed by atoms with Crippen LogP contribution in [0.4, 0.5) is 5.69 Å². The van der Waals surface area contributed by atoms with E-state index in [1.165, 1.54) is 0 Å². The number of thiocarbonyl (C=S) groups is 1. The first-order valence-electron chi connectivity index (χ1n) is 9.60. The van der Waals surface area contributed by atoms with Crippen LogP contribution in [-0.2, 0) is 9.53 Å². The molecule has 152 valence electrons. The second kappa shape index (κ2) is 7.22. The third-order valence-corrected chi connectivity index (χ3v) is 5.84. The molecule has 2 aromatic rings. The maximum Gasteiger partial charge on any atom is 0.317 e. The number of aryl methyl sites for hydroxylation is 1. The van der Waals surface area contributed by atoms with Crippen molar-refractivity contribution in [3.05, 3.63) is 53.6 Å². The van der Waals surface area contributed by atoms with Gasteiger partial charge in [-0.1, -0.05) is 29.8 Å². The van der Waals surface area contributed by atoms with Crippen LogP contribution in [0.5, 0.6) is 11.5 Å². The van der Waals surface area contributed by atoms with E-state index in [0.29, 0.717) is 16.6 Å². The van der Waals surface area contributed by atoms with Gasteiger partial charge in [0.1, 0.15) is 5.92 Å². The summed E-state index contributed by atoms with van der Waals surface area (Å²) >= 11 is 5.71. The second-order valence-corrected chi connectivity index (χ2v) is 7.75. The Labute approximate surface area is 175 Å². The van der Waals surface area contributed by atoms with Gasteiger partial charge in [-0.25, -0.2) is 0 Å². The van der Waals surface area contributed by atoms with Crippen LogP contribution in [0.3, 0.4) is 0 Å². The summed E-state index contributed by atoms with van der Waals surface area (Å²) in [7, 11) is 1.60. The minimum atomic E-state index is -1.09. The van der Waals surface area contributed by atoms with Gasteiger partial charge < -0.3 is 19.5 Å². The highest BCUT2D eigenvalue weighted by Crippen LogP contribution is 2.52. The molecule has 0 saturated carbocycles. The molecule has 0 aromatic heterocycles. The molecular weight excluding hydrogens is 388 g/mol. The molecule has 2 aliphatic heterocycles. The zero-order chi connectivity index (χ0) is 20.8. The van der Waals surface area contributed by atoms with Crippen molar-refractivity contribution in [1.82, 2.24) is 5.32 Å². The monoisotopic (exact) mass is 412 g/mol. The smallest absolute Gasteiger partial charge is 0.317 e. The molecule has 2 aromatic carbocycles. The Hall–Kier alpha value is -2.80. The lowest BCUT2D eigenvalue weighted by molar-refractivity contribution is -0.159. The molecule has 0 radical (unpaired) electrons. The van der Waals surface area contributed by atoms with Crippen LogP contribution in [0.2, 0.25) is 0 Å². The second-order valence-electron chi connectivity index (χ2n) is 7.36. The van der Waals surface area contributed by atoms with Crippen LogP contribution in [0, 0.1) is 12.8 Å². The maximum atomic E-state index is 13.1. The molecule has 1 fully saturated rings. The van der Waals surface area contributed by atoms with Gasteiger partial charge in [-0.15, -0.1) is 0 Å². The molecular formula is C22H24N2O4S. The fourth-order valence-electron chi connectivity index (χ4n) is 4.21. The van der Waals surface area contributed by atoms with Crippen LogP contribution in [-0.4, -0.2) is 30.5 Å². The predicted molar refractivity (Wildman–Crippen MR) is 114 cm³/mol. The van der Waals surface area contributed by atoms with Crippen LogP contribution < -0.4 is 19.7 Å². The van der Waals surface area contributed by atoms with E-state index in [1.54, 1.807) is 14.0 Å². The molecule has 0 aliphatic carbocycles. The minimum absolute atomic E-state index is 0.290. The van der Waals surface area contributed by atoms with E-state index < -0.39 is 11.6 Å². The molecule has 29 heavy (non-hydrogen) atoms. The number of nitrogens with one attached hydrogen (secondary N) is 1.